The molecule has 4 aromatic rings. The fourth-order valence-electron chi connectivity index (χ4n) is 4.33. The average Bonchev–Trinajstić information content (AvgIpc) is 2.91. The third-order valence-corrected chi connectivity index (χ3v) is 6.55. The van der Waals surface area contributed by atoms with E-state index >= 15 is 0 Å². The van der Waals surface area contributed by atoms with Crippen molar-refractivity contribution in [1.82, 2.24) is 14.5 Å². The summed E-state index contributed by atoms with van der Waals surface area (Å²) in [4.78, 5) is 34.2. The molecular formula is C29H30ClN3O3. The van der Waals surface area contributed by atoms with Gasteiger partial charge in [-0.15, -0.1) is 0 Å². The van der Waals surface area contributed by atoms with Crippen LogP contribution in [0.3, 0.4) is 0 Å². The SMILES string of the molecule is CCCCCN(C(=O)c1ccccc1)C(C)c1nc2cc(Cl)ccc2c(=O)n1-c1ccc(OC)cc1. The molecule has 0 saturated carbocycles. The van der Waals surface area contributed by atoms with E-state index in [1.54, 1.807) is 42.0 Å². The van der Waals surface area contributed by atoms with Crippen molar-refractivity contribution >= 4 is 28.4 Å². The van der Waals surface area contributed by atoms with Crippen LogP contribution in [0.15, 0.2) is 77.6 Å². The van der Waals surface area contributed by atoms with Crippen LogP contribution in [0.1, 0.15) is 55.3 Å². The van der Waals surface area contributed by atoms with E-state index in [4.69, 9.17) is 21.3 Å². The number of carbonyl (C=O) groups excluding carboxylic acids is 1. The smallest absolute Gasteiger partial charge is 0.266 e. The van der Waals surface area contributed by atoms with Crippen molar-refractivity contribution in [3.8, 4) is 11.4 Å². The van der Waals surface area contributed by atoms with E-state index in [1.165, 1.54) is 0 Å². The number of aromatic nitrogens is 2. The molecule has 0 aliphatic carbocycles. The Morgan fingerprint density at radius 3 is 2.44 bits per heavy atom. The van der Waals surface area contributed by atoms with Crippen LogP contribution in [0.2, 0.25) is 5.02 Å². The van der Waals surface area contributed by atoms with Crippen LogP contribution < -0.4 is 10.3 Å². The molecule has 0 bridgehead atoms. The second-order valence-corrected chi connectivity index (χ2v) is 9.15. The monoisotopic (exact) mass is 503 g/mol. The number of unbranched alkanes of at least 4 members (excludes halogenated alkanes) is 2. The minimum Gasteiger partial charge on any atom is -0.497 e. The Hall–Kier alpha value is -3.64. The maximum absolute atomic E-state index is 13.8. The summed E-state index contributed by atoms with van der Waals surface area (Å²) in [6.45, 7) is 4.60. The molecule has 0 aliphatic rings. The van der Waals surface area contributed by atoms with Gasteiger partial charge in [0.25, 0.3) is 11.5 Å². The number of rotatable bonds is 9. The van der Waals surface area contributed by atoms with Crippen LogP contribution in [-0.4, -0.2) is 34.0 Å². The summed E-state index contributed by atoms with van der Waals surface area (Å²) in [5.74, 6) is 1.06. The van der Waals surface area contributed by atoms with Crippen molar-refractivity contribution in [3.63, 3.8) is 0 Å². The molecule has 0 saturated heterocycles. The highest BCUT2D eigenvalue weighted by molar-refractivity contribution is 6.31. The molecule has 0 N–H and O–H groups in total. The summed E-state index contributed by atoms with van der Waals surface area (Å²) >= 11 is 6.24. The first-order chi connectivity index (χ1) is 17.4. The van der Waals surface area contributed by atoms with Gasteiger partial charge in [0, 0.05) is 17.1 Å². The van der Waals surface area contributed by atoms with Gasteiger partial charge >= 0.3 is 0 Å². The lowest BCUT2D eigenvalue weighted by atomic mass is 10.1. The molecule has 1 heterocycles. The van der Waals surface area contributed by atoms with E-state index in [1.807, 2.05) is 54.3 Å². The molecule has 36 heavy (non-hydrogen) atoms. The number of benzene rings is 3. The molecule has 3 aromatic carbocycles. The lowest BCUT2D eigenvalue weighted by Crippen LogP contribution is -2.38. The maximum atomic E-state index is 13.8. The summed E-state index contributed by atoms with van der Waals surface area (Å²) in [5, 5.41) is 0.952. The van der Waals surface area contributed by atoms with Gasteiger partial charge in [-0.25, -0.2) is 4.98 Å². The first kappa shape index (κ1) is 25.5. The number of nitrogens with zero attached hydrogens (tertiary/aromatic N) is 3. The van der Waals surface area contributed by atoms with Gasteiger partial charge in [-0.05, 0) is 67.9 Å². The largest absolute Gasteiger partial charge is 0.497 e. The maximum Gasteiger partial charge on any atom is 0.266 e. The number of fused-ring (bicyclic) bond motifs is 1. The second kappa shape index (κ2) is 11.4. The van der Waals surface area contributed by atoms with Crippen LogP contribution in [0, 0.1) is 0 Å². The normalized spacial score (nSPS) is 11.9. The average molecular weight is 504 g/mol. The molecular weight excluding hydrogens is 474 g/mol. The Kier molecular flexibility index (Phi) is 8.06. The fourth-order valence-corrected chi connectivity index (χ4v) is 4.49. The molecule has 186 valence electrons. The molecule has 1 unspecified atom stereocenters. The first-order valence-corrected chi connectivity index (χ1v) is 12.5. The van der Waals surface area contributed by atoms with Gasteiger partial charge in [-0.2, -0.15) is 0 Å². The van der Waals surface area contributed by atoms with Gasteiger partial charge < -0.3 is 9.64 Å². The van der Waals surface area contributed by atoms with E-state index in [0.717, 1.165) is 19.3 Å². The summed E-state index contributed by atoms with van der Waals surface area (Å²) < 4.78 is 6.89. The van der Waals surface area contributed by atoms with Gasteiger partial charge in [0.15, 0.2) is 0 Å². The van der Waals surface area contributed by atoms with E-state index in [0.29, 0.717) is 45.3 Å². The van der Waals surface area contributed by atoms with Gasteiger partial charge in [0.2, 0.25) is 0 Å². The lowest BCUT2D eigenvalue weighted by molar-refractivity contribution is 0.0677. The quantitative estimate of drug-likeness (QED) is 0.246. The van der Waals surface area contributed by atoms with E-state index in [9.17, 15) is 9.59 Å². The predicted octanol–water partition coefficient (Wildman–Crippen LogP) is 6.44. The Bertz CT molecular complexity index is 1400. The minimum atomic E-state index is -0.479. The topological polar surface area (TPSA) is 64.4 Å². The van der Waals surface area contributed by atoms with Crippen LogP contribution in [-0.2, 0) is 0 Å². The van der Waals surface area contributed by atoms with E-state index < -0.39 is 6.04 Å². The number of methoxy groups -OCH3 is 1. The van der Waals surface area contributed by atoms with Crippen molar-refractivity contribution in [1.29, 1.82) is 0 Å². The molecule has 0 fully saturated rings. The van der Waals surface area contributed by atoms with Crippen molar-refractivity contribution < 1.29 is 9.53 Å². The summed E-state index contributed by atoms with van der Waals surface area (Å²) in [5.41, 5.74) is 1.53. The third-order valence-electron chi connectivity index (χ3n) is 6.31. The summed E-state index contributed by atoms with van der Waals surface area (Å²) in [7, 11) is 1.60. The molecule has 0 radical (unpaired) electrons. The summed E-state index contributed by atoms with van der Waals surface area (Å²) in [6.07, 6.45) is 2.88. The zero-order chi connectivity index (χ0) is 25.7. The minimum absolute atomic E-state index is 0.0964. The fraction of sp³-hybridized carbons (Fsp3) is 0.276. The van der Waals surface area contributed by atoms with Crippen molar-refractivity contribution in [2.24, 2.45) is 0 Å². The van der Waals surface area contributed by atoms with Crippen molar-refractivity contribution in [2.75, 3.05) is 13.7 Å². The van der Waals surface area contributed by atoms with Gasteiger partial charge in [-0.3, -0.25) is 14.2 Å². The molecule has 1 atom stereocenters. The number of hydrogen-bond acceptors (Lipinski definition) is 4. The third kappa shape index (κ3) is 5.29. The van der Waals surface area contributed by atoms with Gasteiger partial charge in [0.1, 0.15) is 11.6 Å². The van der Waals surface area contributed by atoms with Gasteiger partial charge in [-0.1, -0.05) is 49.6 Å². The molecule has 4 rings (SSSR count). The van der Waals surface area contributed by atoms with Crippen LogP contribution in [0.25, 0.3) is 16.6 Å². The van der Waals surface area contributed by atoms with Crippen molar-refractivity contribution in [3.05, 3.63) is 99.6 Å². The summed E-state index contributed by atoms with van der Waals surface area (Å²) in [6, 6.07) is 21.0. The molecule has 6 nitrogen and oxygen atoms in total. The first-order valence-electron chi connectivity index (χ1n) is 12.2. The number of carbonyl (C=O) groups is 1. The highest BCUT2D eigenvalue weighted by Crippen LogP contribution is 2.27. The molecule has 1 aromatic heterocycles. The number of amides is 1. The Morgan fingerprint density at radius 2 is 1.78 bits per heavy atom. The van der Waals surface area contributed by atoms with Crippen molar-refractivity contribution in [2.45, 2.75) is 39.2 Å². The number of hydrogen-bond donors (Lipinski definition) is 0. The zero-order valence-electron chi connectivity index (χ0n) is 20.8. The van der Waals surface area contributed by atoms with Crippen LogP contribution in [0.4, 0.5) is 0 Å². The predicted molar refractivity (Wildman–Crippen MR) is 144 cm³/mol. The standard InChI is InChI=1S/C29H30ClN3O3/c1-4-5-9-18-32(28(34)21-10-7-6-8-11-21)20(2)27-31-26-19-22(30)12-17-25(26)29(35)33(27)23-13-15-24(36-3)16-14-23/h6-8,10-17,19-20H,4-5,9,18H2,1-3H3. The van der Waals surface area contributed by atoms with Crippen LogP contribution in [0.5, 0.6) is 5.75 Å². The lowest BCUT2D eigenvalue weighted by Gasteiger charge is -2.31. The Labute approximate surface area is 216 Å². The Balaban J connectivity index is 1.89. The number of ether oxygens (including phenoxy) is 1. The van der Waals surface area contributed by atoms with Gasteiger partial charge in [0.05, 0.1) is 29.7 Å². The molecule has 0 aliphatic heterocycles. The molecule has 0 spiro atoms. The van der Waals surface area contributed by atoms with E-state index in [2.05, 4.69) is 6.92 Å². The highest BCUT2D eigenvalue weighted by atomic mass is 35.5. The zero-order valence-corrected chi connectivity index (χ0v) is 21.5. The van der Waals surface area contributed by atoms with Crippen LogP contribution >= 0.6 is 11.6 Å². The number of halogens is 1. The highest BCUT2D eigenvalue weighted by Gasteiger charge is 2.27. The molecule has 7 heteroatoms. The van der Waals surface area contributed by atoms with E-state index in [-0.39, 0.29) is 11.5 Å². The molecule has 1 amide bonds. The second-order valence-electron chi connectivity index (χ2n) is 8.72. The Morgan fingerprint density at radius 1 is 1.06 bits per heavy atom.